The third-order valence-electron chi connectivity index (χ3n) is 4.78. The number of carbonyl (C=O) groups excluding carboxylic acids is 2. The highest BCUT2D eigenvalue weighted by Crippen LogP contribution is 2.26. The van der Waals surface area contributed by atoms with Crippen LogP contribution in [-0.2, 0) is 9.53 Å². The Morgan fingerprint density at radius 3 is 2.37 bits per heavy atom. The maximum Gasteiger partial charge on any atom is 0.409 e. The number of nitrogens with one attached hydrogen (secondary N) is 1. The third kappa shape index (κ3) is 5.85. The largest absolute Gasteiger partial charge is 0.453 e. The maximum atomic E-state index is 12.5. The fraction of sp³-hybridized carbons (Fsp3) is 0.556. The predicted octanol–water partition coefficient (Wildman–Crippen LogP) is 3.06. The molecule has 1 N–H and O–H groups in total. The van der Waals surface area contributed by atoms with Crippen molar-refractivity contribution >= 4 is 29.4 Å². The molecule has 0 aromatic heterocycles. The number of piperidine rings is 1. The molecule has 1 aliphatic heterocycles. The Labute approximate surface area is 162 Å². The van der Waals surface area contributed by atoms with E-state index in [2.05, 4.69) is 5.32 Å². The highest BCUT2D eigenvalue weighted by molar-refractivity contribution is 8.00. The zero-order chi connectivity index (χ0) is 20.0. The first-order valence-electron chi connectivity index (χ1n) is 8.86. The molecule has 0 spiro atoms. The SMILES string of the molecule is COC(=O)N1CCC([C@H](C)NC(=O)[C@@H](C)Sc2ccc([N+](=O)[O-])cc2)CC1. The second kappa shape index (κ2) is 9.59. The Balaban J connectivity index is 1.81. The van der Waals surface area contributed by atoms with Crippen molar-refractivity contribution in [3.8, 4) is 0 Å². The van der Waals surface area contributed by atoms with Crippen molar-refractivity contribution in [1.29, 1.82) is 0 Å². The predicted molar refractivity (Wildman–Crippen MR) is 103 cm³/mol. The van der Waals surface area contributed by atoms with Gasteiger partial charge in [-0.05, 0) is 44.7 Å². The number of likely N-dealkylation sites (tertiary alicyclic amines) is 1. The second-order valence-electron chi connectivity index (χ2n) is 6.60. The van der Waals surface area contributed by atoms with E-state index in [1.165, 1.54) is 31.0 Å². The number of non-ortho nitro benzene ring substituents is 1. The van der Waals surface area contributed by atoms with Crippen LogP contribution in [0.4, 0.5) is 10.5 Å². The van der Waals surface area contributed by atoms with Crippen molar-refractivity contribution in [2.75, 3.05) is 20.2 Å². The molecular weight excluding hydrogens is 370 g/mol. The van der Waals surface area contributed by atoms with Gasteiger partial charge in [0, 0.05) is 36.2 Å². The lowest BCUT2D eigenvalue weighted by molar-refractivity contribution is -0.384. The van der Waals surface area contributed by atoms with Gasteiger partial charge < -0.3 is 15.0 Å². The van der Waals surface area contributed by atoms with Crippen LogP contribution in [-0.4, -0.2) is 53.3 Å². The van der Waals surface area contributed by atoms with Crippen molar-refractivity contribution < 1.29 is 19.2 Å². The number of nitrogens with zero attached hydrogens (tertiary/aromatic N) is 2. The fourth-order valence-corrected chi connectivity index (χ4v) is 3.95. The van der Waals surface area contributed by atoms with Gasteiger partial charge in [0.1, 0.15) is 0 Å². The topological polar surface area (TPSA) is 102 Å². The molecule has 2 rings (SSSR count). The molecule has 0 aliphatic carbocycles. The average Bonchev–Trinajstić information content (AvgIpc) is 2.67. The number of nitro groups is 1. The molecule has 0 saturated carbocycles. The number of rotatable bonds is 6. The monoisotopic (exact) mass is 395 g/mol. The Bertz CT molecular complexity index is 674. The summed E-state index contributed by atoms with van der Waals surface area (Å²) >= 11 is 1.36. The number of hydrogen-bond donors (Lipinski definition) is 1. The van der Waals surface area contributed by atoms with Crippen molar-refractivity contribution in [3.63, 3.8) is 0 Å². The van der Waals surface area contributed by atoms with Gasteiger partial charge >= 0.3 is 6.09 Å². The van der Waals surface area contributed by atoms with Crippen molar-refractivity contribution in [3.05, 3.63) is 34.4 Å². The number of hydrogen-bond acceptors (Lipinski definition) is 6. The van der Waals surface area contributed by atoms with Crippen LogP contribution in [0.5, 0.6) is 0 Å². The molecule has 1 aromatic carbocycles. The summed E-state index contributed by atoms with van der Waals surface area (Å²) in [5.41, 5.74) is 0.0309. The van der Waals surface area contributed by atoms with Gasteiger partial charge in [0.25, 0.3) is 5.69 Å². The number of amides is 2. The summed E-state index contributed by atoms with van der Waals surface area (Å²) < 4.78 is 4.74. The van der Waals surface area contributed by atoms with Crippen LogP contribution in [0.15, 0.2) is 29.2 Å². The standard InChI is InChI=1S/C18H25N3O5S/c1-12(14-8-10-20(11-9-14)18(23)26-3)19-17(22)13(2)27-16-6-4-15(5-7-16)21(24)25/h4-7,12-14H,8-11H2,1-3H3,(H,19,22)/t12-,13+/m0/s1. The summed E-state index contributed by atoms with van der Waals surface area (Å²) in [6.45, 7) is 5.06. The van der Waals surface area contributed by atoms with Crippen LogP contribution in [0, 0.1) is 16.0 Å². The Morgan fingerprint density at radius 1 is 1.26 bits per heavy atom. The number of carbonyl (C=O) groups is 2. The first-order valence-corrected chi connectivity index (χ1v) is 9.74. The van der Waals surface area contributed by atoms with Gasteiger partial charge in [-0.25, -0.2) is 4.79 Å². The first kappa shape index (κ1) is 21.0. The first-order chi connectivity index (χ1) is 12.8. The fourth-order valence-electron chi connectivity index (χ4n) is 3.07. The van der Waals surface area contributed by atoms with Crippen molar-refractivity contribution in [2.45, 2.75) is 42.9 Å². The van der Waals surface area contributed by atoms with E-state index in [0.717, 1.165) is 17.7 Å². The zero-order valence-corrected chi connectivity index (χ0v) is 16.5. The molecule has 0 radical (unpaired) electrons. The van der Waals surface area contributed by atoms with Crippen LogP contribution in [0.1, 0.15) is 26.7 Å². The summed E-state index contributed by atoms with van der Waals surface area (Å²) in [6, 6.07) is 6.18. The van der Waals surface area contributed by atoms with E-state index >= 15 is 0 Å². The van der Waals surface area contributed by atoms with Crippen LogP contribution in [0.25, 0.3) is 0 Å². The summed E-state index contributed by atoms with van der Waals surface area (Å²) in [7, 11) is 1.38. The van der Waals surface area contributed by atoms with Gasteiger partial charge in [-0.3, -0.25) is 14.9 Å². The molecule has 8 nitrogen and oxygen atoms in total. The molecule has 0 unspecified atom stereocenters. The lowest BCUT2D eigenvalue weighted by atomic mass is 9.90. The molecule has 1 aliphatic rings. The Morgan fingerprint density at radius 2 is 1.85 bits per heavy atom. The van der Waals surface area contributed by atoms with Crippen LogP contribution in [0.2, 0.25) is 0 Å². The summed E-state index contributed by atoms with van der Waals surface area (Å²) in [5.74, 6) is 0.243. The molecule has 9 heteroatoms. The van der Waals surface area contributed by atoms with Crippen LogP contribution < -0.4 is 5.32 Å². The van der Waals surface area contributed by atoms with Gasteiger partial charge in [-0.2, -0.15) is 0 Å². The summed E-state index contributed by atoms with van der Waals surface area (Å²) in [6.07, 6.45) is 1.33. The van der Waals surface area contributed by atoms with Crippen molar-refractivity contribution in [2.24, 2.45) is 5.92 Å². The minimum atomic E-state index is -0.447. The highest BCUT2D eigenvalue weighted by Gasteiger charge is 2.28. The van der Waals surface area contributed by atoms with E-state index in [4.69, 9.17) is 4.74 Å². The number of benzene rings is 1. The average molecular weight is 395 g/mol. The quantitative estimate of drug-likeness (QED) is 0.451. The minimum absolute atomic E-state index is 0.0113. The summed E-state index contributed by atoms with van der Waals surface area (Å²) in [5, 5.41) is 13.4. The van der Waals surface area contributed by atoms with E-state index in [0.29, 0.717) is 19.0 Å². The van der Waals surface area contributed by atoms with E-state index in [-0.39, 0.29) is 29.0 Å². The number of nitro benzene ring substituents is 1. The van der Waals surface area contributed by atoms with Crippen LogP contribution >= 0.6 is 11.8 Å². The number of methoxy groups -OCH3 is 1. The molecule has 2 amide bonds. The Hall–Kier alpha value is -2.29. The van der Waals surface area contributed by atoms with Crippen molar-refractivity contribution in [1.82, 2.24) is 10.2 Å². The molecule has 1 saturated heterocycles. The molecule has 2 atom stereocenters. The maximum absolute atomic E-state index is 12.5. The second-order valence-corrected chi connectivity index (χ2v) is 8.02. The lowest BCUT2D eigenvalue weighted by Crippen LogP contribution is -2.47. The number of ether oxygens (including phenoxy) is 1. The minimum Gasteiger partial charge on any atom is -0.453 e. The van der Waals surface area contributed by atoms with Gasteiger partial charge in [-0.15, -0.1) is 11.8 Å². The molecule has 1 fully saturated rings. The number of thioether (sulfide) groups is 1. The van der Waals surface area contributed by atoms with Gasteiger partial charge in [0.2, 0.25) is 5.91 Å². The highest BCUT2D eigenvalue weighted by atomic mass is 32.2. The van der Waals surface area contributed by atoms with E-state index < -0.39 is 4.92 Å². The molecule has 148 valence electrons. The molecule has 27 heavy (non-hydrogen) atoms. The lowest BCUT2D eigenvalue weighted by Gasteiger charge is -2.34. The third-order valence-corrected chi connectivity index (χ3v) is 5.89. The van der Waals surface area contributed by atoms with Crippen LogP contribution in [0.3, 0.4) is 0 Å². The van der Waals surface area contributed by atoms with Gasteiger partial charge in [0.05, 0.1) is 17.3 Å². The van der Waals surface area contributed by atoms with E-state index in [9.17, 15) is 19.7 Å². The van der Waals surface area contributed by atoms with E-state index in [1.807, 2.05) is 13.8 Å². The smallest absolute Gasteiger partial charge is 0.409 e. The molecule has 0 bridgehead atoms. The zero-order valence-electron chi connectivity index (χ0n) is 15.7. The van der Waals surface area contributed by atoms with Gasteiger partial charge in [0.15, 0.2) is 0 Å². The molecule has 1 aromatic rings. The molecular formula is C18H25N3O5S. The molecule has 1 heterocycles. The van der Waals surface area contributed by atoms with E-state index in [1.54, 1.807) is 17.0 Å². The Kier molecular flexibility index (Phi) is 7.46. The normalized spacial score (nSPS) is 17.1. The summed E-state index contributed by atoms with van der Waals surface area (Å²) in [4.78, 5) is 36.7. The van der Waals surface area contributed by atoms with Gasteiger partial charge in [-0.1, -0.05) is 0 Å².